The SMILES string of the molecule is Cc1ccnc(Cl)c1NC(=O)c1ccc[nH]1. The summed E-state index contributed by atoms with van der Waals surface area (Å²) in [6.45, 7) is 1.86. The minimum Gasteiger partial charge on any atom is -0.357 e. The highest BCUT2D eigenvalue weighted by Crippen LogP contribution is 2.23. The Morgan fingerprint density at radius 3 is 2.94 bits per heavy atom. The third-order valence-electron chi connectivity index (χ3n) is 2.19. The number of H-pyrrole nitrogens is 1. The number of nitrogens with one attached hydrogen (secondary N) is 2. The van der Waals surface area contributed by atoms with Crippen molar-refractivity contribution in [1.29, 1.82) is 0 Å². The van der Waals surface area contributed by atoms with Crippen molar-refractivity contribution in [2.24, 2.45) is 0 Å². The fourth-order valence-corrected chi connectivity index (χ4v) is 1.58. The Morgan fingerprint density at radius 1 is 1.50 bits per heavy atom. The van der Waals surface area contributed by atoms with Crippen molar-refractivity contribution in [3.05, 3.63) is 47.0 Å². The average Bonchev–Trinajstić information content (AvgIpc) is 2.76. The van der Waals surface area contributed by atoms with Crippen LogP contribution in [0.5, 0.6) is 0 Å². The standard InChI is InChI=1S/C11H10ClN3O/c1-7-4-6-14-10(12)9(7)15-11(16)8-3-2-5-13-8/h2-6,13H,1H3,(H,15,16). The van der Waals surface area contributed by atoms with Crippen LogP contribution in [-0.2, 0) is 0 Å². The van der Waals surface area contributed by atoms with Crippen LogP contribution in [0.15, 0.2) is 30.6 Å². The predicted molar refractivity (Wildman–Crippen MR) is 62.7 cm³/mol. The Hall–Kier alpha value is -1.81. The second-order valence-corrected chi connectivity index (χ2v) is 3.69. The Balaban J connectivity index is 2.25. The maximum absolute atomic E-state index is 11.8. The Labute approximate surface area is 97.7 Å². The molecule has 2 aromatic heterocycles. The van der Waals surface area contributed by atoms with Gasteiger partial charge in [-0.05, 0) is 30.7 Å². The molecule has 2 N–H and O–H groups in total. The monoisotopic (exact) mass is 235 g/mol. The molecule has 5 heteroatoms. The topological polar surface area (TPSA) is 57.8 Å². The molecule has 0 radical (unpaired) electrons. The minimum atomic E-state index is -0.233. The Bertz CT molecular complexity index is 488. The summed E-state index contributed by atoms with van der Waals surface area (Å²) in [6.07, 6.45) is 3.29. The van der Waals surface area contributed by atoms with Crippen LogP contribution in [-0.4, -0.2) is 15.9 Å². The first kappa shape index (κ1) is 10.7. The van der Waals surface area contributed by atoms with Gasteiger partial charge in [0.1, 0.15) is 5.69 Å². The van der Waals surface area contributed by atoms with Crippen LogP contribution < -0.4 is 5.32 Å². The summed E-state index contributed by atoms with van der Waals surface area (Å²) >= 11 is 5.90. The lowest BCUT2D eigenvalue weighted by atomic mass is 10.2. The summed E-state index contributed by atoms with van der Waals surface area (Å²) in [4.78, 5) is 18.5. The molecule has 4 nitrogen and oxygen atoms in total. The van der Waals surface area contributed by atoms with E-state index in [9.17, 15) is 4.79 Å². The smallest absolute Gasteiger partial charge is 0.272 e. The first-order chi connectivity index (χ1) is 7.68. The second kappa shape index (κ2) is 4.37. The molecule has 0 aliphatic rings. The van der Waals surface area contributed by atoms with Gasteiger partial charge in [-0.15, -0.1) is 0 Å². The molecular weight excluding hydrogens is 226 g/mol. The van der Waals surface area contributed by atoms with Gasteiger partial charge in [-0.2, -0.15) is 0 Å². The zero-order valence-corrected chi connectivity index (χ0v) is 9.38. The van der Waals surface area contributed by atoms with Gasteiger partial charge in [0.15, 0.2) is 5.15 Å². The van der Waals surface area contributed by atoms with Crippen LogP contribution in [0.3, 0.4) is 0 Å². The number of amides is 1. The molecule has 82 valence electrons. The summed E-state index contributed by atoms with van der Waals surface area (Å²) in [7, 11) is 0. The number of anilines is 1. The van der Waals surface area contributed by atoms with Crippen LogP contribution in [0.4, 0.5) is 5.69 Å². The number of hydrogen-bond acceptors (Lipinski definition) is 2. The number of hydrogen-bond donors (Lipinski definition) is 2. The molecule has 0 aliphatic heterocycles. The van der Waals surface area contributed by atoms with Crippen LogP contribution in [0.2, 0.25) is 5.15 Å². The predicted octanol–water partition coefficient (Wildman–Crippen LogP) is 2.62. The molecule has 2 heterocycles. The van der Waals surface area contributed by atoms with Crippen molar-refractivity contribution < 1.29 is 4.79 Å². The average molecular weight is 236 g/mol. The van der Waals surface area contributed by atoms with Gasteiger partial charge in [0.05, 0.1) is 5.69 Å². The van der Waals surface area contributed by atoms with E-state index in [-0.39, 0.29) is 5.91 Å². The van der Waals surface area contributed by atoms with Gasteiger partial charge in [-0.25, -0.2) is 4.98 Å². The fraction of sp³-hybridized carbons (Fsp3) is 0.0909. The molecule has 0 saturated carbocycles. The lowest BCUT2D eigenvalue weighted by Crippen LogP contribution is -2.13. The molecule has 0 bridgehead atoms. The lowest BCUT2D eigenvalue weighted by molar-refractivity contribution is 0.102. The van der Waals surface area contributed by atoms with Crippen molar-refractivity contribution in [2.75, 3.05) is 5.32 Å². The van der Waals surface area contributed by atoms with Gasteiger partial charge in [-0.3, -0.25) is 4.79 Å². The summed E-state index contributed by atoms with van der Waals surface area (Å²) in [5.74, 6) is -0.233. The molecule has 0 aliphatic carbocycles. The Morgan fingerprint density at radius 2 is 2.31 bits per heavy atom. The maximum atomic E-state index is 11.8. The summed E-state index contributed by atoms with van der Waals surface area (Å²) < 4.78 is 0. The number of aromatic nitrogens is 2. The van der Waals surface area contributed by atoms with Gasteiger partial charge >= 0.3 is 0 Å². The lowest BCUT2D eigenvalue weighted by Gasteiger charge is -2.08. The molecule has 2 aromatic rings. The zero-order chi connectivity index (χ0) is 11.5. The Kier molecular flexibility index (Phi) is 2.92. The highest BCUT2D eigenvalue weighted by Gasteiger charge is 2.11. The van der Waals surface area contributed by atoms with E-state index in [4.69, 9.17) is 11.6 Å². The number of pyridine rings is 1. The van der Waals surface area contributed by atoms with Crippen LogP contribution in [0.25, 0.3) is 0 Å². The molecule has 16 heavy (non-hydrogen) atoms. The molecule has 1 amide bonds. The van der Waals surface area contributed by atoms with Crippen LogP contribution >= 0.6 is 11.6 Å². The first-order valence-corrected chi connectivity index (χ1v) is 5.12. The van der Waals surface area contributed by atoms with Gasteiger partial charge in [0.25, 0.3) is 5.91 Å². The summed E-state index contributed by atoms with van der Waals surface area (Å²) in [5.41, 5.74) is 1.91. The van der Waals surface area contributed by atoms with E-state index in [1.165, 1.54) is 0 Å². The molecule has 0 spiro atoms. The number of carbonyl (C=O) groups is 1. The number of carbonyl (C=O) groups excluding carboxylic acids is 1. The summed E-state index contributed by atoms with van der Waals surface area (Å²) in [5, 5.41) is 3.01. The zero-order valence-electron chi connectivity index (χ0n) is 8.62. The quantitative estimate of drug-likeness (QED) is 0.787. The third kappa shape index (κ3) is 2.06. The molecule has 0 saturated heterocycles. The van der Waals surface area contributed by atoms with E-state index in [0.717, 1.165) is 5.56 Å². The van der Waals surface area contributed by atoms with Crippen molar-refractivity contribution >= 4 is 23.2 Å². The molecule has 0 atom stereocenters. The normalized spacial score (nSPS) is 10.1. The summed E-state index contributed by atoms with van der Waals surface area (Å²) in [6, 6.07) is 5.23. The molecule has 0 fully saturated rings. The van der Waals surface area contributed by atoms with E-state index in [1.54, 1.807) is 30.6 Å². The molecule has 2 rings (SSSR count). The minimum absolute atomic E-state index is 0.233. The number of aryl methyl sites for hydroxylation is 1. The van der Waals surface area contributed by atoms with E-state index in [0.29, 0.717) is 16.5 Å². The highest BCUT2D eigenvalue weighted by molar-refractivity contribution is 6.32. The molecule has 0 aromatic carbocycles. The van der Waals surface area contributed by atoms with Crippen LogP contribution in [0, 0.1) is 6.92 Å². The maximum Gasteiger partial charge on any atom is 0.272 e. The first-order valence-electron chi connectivity index (χ1n) is 4.74. The molecular formula is C11H10ClN3O. The van der Waals surface area contributed by atoms with E-state index < -0.39 is 0 Å². The van der Waals surface area contributed by atoms with Gasteiger partial charge < -0.3 is 10.3 Å². The van der Waals surface area contributed by atoms with Crippen molar-refractivity contribution in [1.82, 2.24) is 9.97 Å². The van der Waals surface area contributed by atoms with Gasteiger partial charge in [-0.1, -0.05) is 11.6 Å². The highest BCUT2D eigenvalue weighted by atomic mass is 35.5. The fourth-order valence-electron chi connectivity index (χ4n) is 1.33. The molecule has 0 unspecified atom stereocenters. The van der Waals surface area contributed by atoms with Gasteiger partial charge in [0.2, 0.25) is 0 Å². The van der Waals surface area contributed by atoms with Crippen LogP contribution in [0.1, 0.15) is 16.1 Å². The van der Waals surface area contributed by atoms with Crippen molar-refractivity contribution in [2.45, 2.75) is 6.92 Å². The van der Waals surface area contributed by atoms with Crippen molar-refractivity contribution in [3.63, 3.8) is 0 Å². The number of halogens is 1. The van der Waals surface area contributed by atoms with Gasteiger partial charge in [0, 0.05) is 12.4 Å². The van der Waals surface area contributed by atoms with E-state index >= 15 is 0 Å². The second-order valence-electron chi connectivity index (χ2n) is 3.33. The van der Waals surface area contributed by atoms with Crippen molar-refractivity contribution in [3.8, 4) is 0 Å². The number of rotatable bonds is 2. The third-order valence-corrected chi connectivity index (χ3v) is 2.48. The number of aromatic amines is 1. The largest absolute Gasteiger partial charge is 0.357 e. The van der Waals surface area contributed by atoms with E-state index in [1.807, 2.05) is 6.92 Å². The van der Waals surface area contributed by atoms with E-state index in [2.05, 4.69) is 15.3 Å². The number of nitrogens with zero attached hydrogens (tertiary/aromatic N) is 1.